The molecule has 0 nitrogen and oxygen atoms in total. The van der Waals surface area contributed by atoms with Gasteiger partial charge in [-0.25, -0.2) is 0 Å². The van der Waals surface area contributed by atoms with Crippen LogP contribution in [0.2, 0.25) is 0 Å². The largest absolute Gasteiger partial charge is 0.0622 e. The molecule has 0 amide bonds. The molecule has 0 saturated heterocycles. The van der Waals surface area contributed by atoms with Crippen molar-refractivity contribution in [2.75, 3.05) is 0 Å². The zero-order valence-corrected chi connectivity index (χ0v) is 12.8. The Morgan fingerprint density at radius 2 is 1.39 bits per heavy atom. The van der Waals surface area contributed by atoms with Crippen LogP contribution in [0.3, 0.4) is 0 Å². The number of hydrogen-bond donors (Lipinski definition) is 0. The summed E-state index contributed by atoms with van der Waals surface area (Å²) in [6, 6.07) is 30.8. The van der Waals surface area contributed by atoms with E-state index in [9.17, 15) is 0 Å². The van der Waals surface area contributed by atoms with Crippen molar-refractivity contribution in [1.82, 2.24) is 0 Å². The van der Waals surface area contributed by atoms with Crippen LogP contribution in [-0.2, 0) is 6.42 Å². The van der Waals surface area contributed by atoms with Gasteiger partial charge in [0.2, 0.25) is 0 Å². The predicted molar refractivity (Wildman–Crippen MR) is 97.6 cm³/mol. The van der Waals surface area contributed by atoms with E-state index in [-0.39, 0.29) is 0 Å². The molecule has 0 heteroatoms. The Hall–Kier alpha value is -2.86. The lowest BCUT2D eigenvalue weighted by Crippen LogP contribution is -1.83. The molecule has 4 aromatic carbocycles. The number of rotatable bonds is 1. The van der Waals surface area contributed by atoms with Crippen molar-refractivity contribution in [3.63, 3.8) is 0 Å². The van der Waals surface area contributed by atoms with E-state index in [1.165, 1.54) is 44.2 Å². The Labute approximate surface area is 136 Å². The van der Waals surface area contributed by atoms with Gasteiger partial charge >= 0.3 is 0 Å². The smallest absolute Gasteiger partial charge is 0.00130 e. The summed E-state index contributed by atoms with van der Waals surface area (Å²) < 4.78 is 0. The molecule has 23 heavy (non-hydrogen) atoms. The van der Waals surface area contributed by atoms with Crippen molar-refractivity contribution in [3.05, 3.63) is 96.1 Å². The average Bonchev–Trinajstić information content (AvgIpc) is 3.00. The van der Waals surface area contributed by atoms with Crippen molar-refractivity contribution in [2.45, 2.75) is 6.42 Å². The van der Waals surface area contributed by atoms with Crippen LogP contribution in [0.15, 0.2) is 84.9 Å². The van der Waals surface area contributed by atoms with Crippen molar-refractivity contribution in [2.24, 2.45) is 0 Å². The first-order chi connectivity index (χ1) is 11.4. The van der Waals surface area contributed by atoms with E-state index in [4.69, 9.17) is 0 Å². The molecule has 1 aliphatic carbocycles. The Bertz CT molecular complexity index is 1030. The second-order valence-electron chi connectivity index (χ2n) is 6.24. The van der Waals surface area contributed by atoms with E-state index in [0.717, 1.165) is 6.42 Å². The predicted octanol–water partition coefficient (Wildman–Crippen LogP) is 6.08. The lowest BCUT2D eigenvalue weighted by atomic mass is 9.96. The molecule has 1 aliphatic rings. The van der Waals surface area contributed by atoms with Gasteiger partial charge in [-0.2, -0.15) is 0 Å². The first-order valence-electron chi connectivity index (χ1n) is 8.09. The maximum absolute atomic E-state index is 2.36. The summed E-state index contributed by atoms with van der Waals surface area (Å²) in [4.78, 5) is 0. The minimum atomic E-state index is 1.04. The molecule has 0 unspecified atom stereocenters. The maximum atomic E-state index is 2.36. The fourth-order valence-electron chi connectivity index (χ4n) is 3.78. The van der Waals surface area contributed by atoms with Gasteiger partial charge < -0.3 is 0 Å². The number of hydrogen-bond acceptors (Lipinski definition) is 0. The highest BCUT2D eigenvalue weighted by molar-refractivity contribution is 6.01. The van der Waals surface area contributed by atoms with Crippen LogP contribution in [0.4, 0.5) is 0 Å². The summed E-state index contributed by atoms with van der Waals surface area (Å²) in [5.41, 5.74) is 8.31. The molecule has 0 fully saturated rings. The number of benzene rings is 4. The van der Waals surface area contributed by atoms with Crippen LogP contribution < -0.4 is 0 Å². The second kappa shape index (κ2) is 4.82. The zero-order chi connectivity index (χ0) is 15.2. The van der Waals surface area contributed by atoms with Crippen molar-refractivity contribution in [1.29, 1.82) is 0 Å². The summed E-state index contributed by atoms with van der Waals surface area (Å²) in [6.07, 6.45) is 1.04. The Morgan fingerprint density at radius 3 is 2.30 bits per heavy atom. The molecule has 4 aromatic rings. The normalized spacial score (nSPS) is 12.2. The SMILES string of the molecule is c1ccc(-c2ccc3c(c2)Cc2ccc4ccccc4c2-3)cc1. The quantitative estimate of drug-likeness (QED) is 0.351. The van der Waals surface area contributed by atoms with Crippen LogP contribution in [0.5, 0.6) is 0 Å². The van der Waals surface area contributed by atoms with Gasteiger partial charge in [0.25, 0.3) is 0 Å². The van der Waals surface area contributed by atoms with E-state index in [1.807, 2.05) is 0 Å². The zero-order valence-electron chi connectivity index (χ0n) is 12.8. The van der Waals surface area contributed by atoms with Gasteiger partial charge in [0.15, 0.2) is 0 Å². The van der Waals surface area contributed by atoms with Crippen molar-refractivity contribution in [3.8, 4) is 22.3 Å². The van der Waals surface area contributed by atoms with Gasteiger partial charge in [-0.15, -0.1) is 0 Å². The van der Waals surface area contributed by atoms with E-state index in [2.05, 4.69) is 84.9 Å². The average molecular weight is 292 g/mol. The molecule has 0 atom stereocenters. The first kappa shape index (κ1) is 12.7. The first-order valence-corrected chi connectivity index (χ1v) is 8.09. The fraction of sp³-hybridized carbons (Fsp3) is 0.0435. The van der Waals surface area contributed by atoms with Crippen molar-refractivity contribution >= 4 is 10.8 Å². The summed E-state index contributed by atoms with van der Waals surface area (Å²) >= 11 is 0. The molecule has 5 rings (SSSR count). The van der Waals surface area contributed by atoms with Crippen molar-refractivity contribution < 1.29 is 0 Å². The van der Waals surface area contributed by atoms with Crippen LogP contribution in [-0.4, -0.2) is 0 Å². The van der Waals surface area contributed by atoms with E-state index in [1.54, 1.807) is 0 Å². The molecule has 0 bridgehead atoms. The Morgan fingerprint density at radius 1 is 0.565 bits per heavy atom. The lowest BCUT2D eigenvalue weighted by Gasteiger charge is -2.08. The Kier molecular flexibility index (Phi) is 2.65. The van der Waals surface area contributed by atoms with Crippen LogP contribution >= 0.6 is 0 Å². The van der Waals surface area contributed by atoms with E-state index >= 15 is 0 Å². The third kappa shape index (κ3) is 1.92. The van der Waals surface area contributed by atoms with Gasteiger partial charge in [0, 0.05) is 0 Å². The minimum Gasteiger partial charge on any atom is -0.0622 e. The van der Waals surface area contributed by atoms with E-state index in [0.29, 0.717) is 0 Å². The van der Waals surface area contributed by atoms with Crippen LogP contribution in [0.1, 0.15) is 11.1 Å². The fourth-order valence-corrected chi connectivity index (χ4v) is 3.78. The van der Waals surface area contributed by atoms with E-state index < -0.39 is 0 Å². The molecule has 0 N–H and O–H groups in total. The standard InChI is InChI=1S/C23H16/c1-2-6-16(7-3-1)18-12-13-22-20(14-18)15-19-11-10-17-8-4-5-9-21(17)23(19)22/h1-14H,15H2. The van der Waals surface area contributed by atoms with Gasteiger partial charge in [-0.05, 0) is 50.6 Å². The molecule has 0 saturated carbocycles. The third-order valence-electron chi connectivity index (χ3n) is 4.88. The molecular formula is C23H16. The minimum absolute atomic E-state index is 1.04. The summed E-state index contributed by atoms with van der Waals surface area (Å²) in [5, 5.41) is 2.70. The Balaban J connectivity index is 1.72. The summed E-state index contributed by atoms with van der Waals surface area (Å²) in [5.74, 6) is 0. The van der Waals surface area contributed by atoms with Gasteiger partial charge in [-0.1, -0.05) is 84.9 Å². The highest BCUT2D eigenvalue weighted by Crippen LogP contribution is 2.42. The third-order valence-corrected chi connectivity index (χ3v) is 4.88. The second-order valence-corrected chi connectivity index (χ2v) is 6.24. The van der Waals surface area contributed by atoms with Crippen LogP contribution in [0.25, 0.3) is 33.0 Å². The molecule has 0 aromatic heterocycles. The van der Waals surface area contributed by atoms with Crippen LogP contribution in [0, 0.1) is 0 Å². The number of fused-ring (bicyclic) bond motifs is 5. The molecular weight excluding hydrogens is 276 g/mol. The molecule has 108 valence electrons. The van der Waals surface area contributed by atoms with Gasteiger partial charge in [-0.3, -0.25) is 0 Å². The van der Waals surface area contributed by atoms with Gasteiger partial charge in [0.1, 0.15) is 0 Å². The lowest BCUT2D eigenvalue weighted by molar-refractivity contribution is 1.27. The highest BCUT2D eigenvalue weighted by atomic mass is 14.2. The maximum Gasteiger partial charge on any atom is -0.00130 e. The topological polar surface area (TPSA) is 0 Å². The summed E-state index contributed by atoms with van der Waals surface area (Å²) in [7, 11) is 0. The summed E-state index contributed by atoms with van der Waals surface area (Å²) in [6.45, 7) is 0. The van der Waals surface area contributed by atoms with Gasteiger partial charge in [0.05, 0.1) is 0 Å². The molecule has 0 radical (unpaired) electrons. The molecule has 0 aliphatic heterocycles. The molecule has 0 heterocycles. The highest BCUT2D eigenvalue weighted by Gasteiger charge is 2.20. The monoisotopic (exact) mass is 292 g/mol. The molecule has 0 spiro atoms.